The van der Waals surface area contributed by atoms with Gasteiger partial charge in [0.15, 0.2) is 0 Å². The number of cyclic esters (lactones) is 1. The van der Waals surface area contributed by atoms with Crippen LogP contribution in [0.4, 0.5) is 16.2 Å². The summed E-state index contributed by atoms with van der Waals surface area (Å²) in [5.74, 6) is 0.0259. The van der Waals surface area contributed by atoms with Crippen molar-refractivity contribution >= 4 is 40.6 Å². The Morgan fingerprint density at radius 1 is 1.21 bits per heavy atom. The van der Waals surface area contributed by atoms with E-state index >= 15 is 0 Å². The number of rotatable bonds is 6. The summed E-state index contributed by atoms with van der Waals surface area (Å²) in [7, 11) is 1.53. The Morgan fingerprint density at radius 2 is 1.86 bits per heavy atom. The average molecular weight is 407 g/mol. The first-order chi connectivity index (χ1) is 13.5. The zero-order chi connectivity index (χ0) is 20.1. The number of nitrogens with zero attached hydrogens (tertiary/aromatic N) is 3. The van der Waals surface area contributed by atoms with Gasteiger partial charge in [-0.15, -0.1) is 0 Å². The number of benzene rings is 1. The second kappa shape index (κ2) is 9.20. The van der Waals surface area contributed by atoms with Crippen molar-refractivity contribution in [1.29, 1.82) is 0 Å². The van der Waals surface area contributed by atoms with Crippen molar-refractivity contribution in [2.75, 3.05) is 62.8 Å². The van der Waals surface area contributed by atoms with Crippen molar-refractivity contribution in [2.24, 2.45) is 0 Å². The van der Waals surface area contributed by atoms with Gasteiger partial charge in [-0.05, 0) is 31.2 Å². The summed E-state index contributed by atoms with van der Waals surface area (Å²) >= 11 is 5.00. The highest BCUT2D eigenvalue weighted by Gasteiger charge is 2.32. The van der Waals surface area contributed by atoms with Crippen LogP contribution in [-0.2, 0) is 14.3 Å². The summed E-state index contributed by atoms with van der Waals surface area (Å²) in [6.07, 6.45) is -0.561. The van der Waals surface area contributed by atoms with E-state index < -0.39 is 0 Å². The number of ether oxygens (including phenoxy) is 2. The lowest BCUT2D eigenvalue weighted by atomic mass is 10.2. The molecule has 1 atom stereocenters. The highest BCUT2D eigenvalue weighted by molar-refractivity contribution is 7.80. The highest BCUT2D eigenvalue weighted by Crippen LogP contribution is 2.25. The van der Waals surface area contributed by atoms with Gasteiger partial charge in [-0.3, -0.25) is 9.69 Å². The Morgan fingerprint density at radius 3 is 2.46 bits per heavy atom. The normalized spacial score (nSPS) is 19.6. The third kappa shape index (κ3) is 4.90. The molecule has 1 aromatic carbocycles. The number of hydrogen-bond acceptors (Lipinski definition) is 6. The van der Waals surface area contributed by atoms with Gasteiger partial charge in [0.25, 0.3) is 0 Å². The molecule has 2 heterocycles. The lowest BCUT2D eigenvalue weighted by molar-refractivity contribution is -0.135. The first kappa shape index (κ1) is 20.3. The number of carbonyl (C=O) groups is 2. The first-order valence-corrected chi connectivity index (χ1v) is 9.73. The second-order valence-corrected chi connectivity index (χ2v) is 7.48. The molecule has 1 unspecified atom stereocenters. The molecule has 2 aliphatic heterocycles. The molecule has 0 bridgehead atoms. The molecule has 0 aromatic heterocycles. The lowest BCUT2D eigenvalue weighted by Crippen LogP contribution is -2.49. The van der Waals surface area contributed by atoms with Crippen LogP contribution >= 0.6 is 12.2 Å². The fourth-order valence-electron chi connectivity index (χ4n) is 3.37. The molecule has 2 aliphatic rings. The molecule has 0 radical (unpaired) electrons. The number of carbonyl (C=O) groups excluding carboxylic acids is 2. The van der Waals surface area contributed by atoms with Gasteiger partial charge in [-0.25, -0.2) is 4.79 Å². The zero-order valence-corrected chi connectivity index (χ0v) is 17.0. The monoisotopic (exact) mass is 406 g/mol. The molecule has 2 amide bonds. The van der Waals surface area contributed by atoms with Gasteiger partial charge >= 0.3 is 6.09 Å². The predicted molar refractivity (Wildman–Crippen MR) is 111 cm³/mol. The standard InChI is InChI=1S/C19H26N4O4S/c1-14(28)20-11-17-12-23(19(25)27-17)16-5-3-15(4-6-16)21-7-9-22(10-8-21)18(24)13-26-2/h3-6,17H,7-13H2,1-2H3,(H,20,28). The summed E-state index contributed by atoms with van der Waals surface area (Å²) in [6, 6.07) is 7.86. The Kier molecular flexibility index (Phi) is 6.69. The lowest BCUT2D eigenvalue weighted by Gasteiger charge is -2.36. The van der Waals surface area contributed by atoms with Crippen LogP contribution in [0, 0.1) is 0 Å². The van der Waals surface area contributed by atoms with Crippen molar-refractivity contribution in [3.05, 3.63) is 24.3 Å². The van der Waals surface area contributed by atoms with Crippen molar-refractivity contribution in [3.8, 4) is 0 Å². The van der Waals surface area contributed by atoms with E-state index in [1.807, 2.05) is 29.2 Å². The van der Waals surface area contributed by atoms with E-state index in [0.29, 0.717) is 31.2 Å². The van der Waals surface area contributed by atoms with Crippen LogP contribution < -0.4 is 15.1 Å². The van der Waals surface area contributed by atoms with Gasteiger partial charge in [-0.2, -0.15) is 0 Å². The summed E-state index contributed by atoms with van der Waals surface area (Å²) in [5.41, 5.74) is 1.88. The summed E-state index contributed by atoms with van der Waals surface area (Å²) in [6.45, 7) is 5.83. The highest BCUT2D eigenvalue weighted by atomic mass is 32.1. The Hall–Kier alpha value is -2.39. The summed E-state index contributed by atoms with van der Waals surface area (Å²) in [5, 5.41) is 3.04. The summed E-state index contributed by atoms with van der Waals surface area (Å²) < 4.78 is 10.3. The fraction of sp³-hybridized carbons (Fsp3) is 0.526. The molecule has 2 fully saturated rings. The minimum absolute atomic E-state index is 0.0259. The van der Waals surface area contributed by atoms with Gasteiger partial charge in [0.05, 0.1) is 18.1 Å². The van der Waals surface area contributed by atoms with Crippen molar-refractivity contribution in [1.82, 2.24) is 10.2 Å². The predicted octanol–water partition coefficient (Wildman–Crippen LogP) is 1.24. The minimum atomic E-state index is -0.341. The van der Waals surface area contributed by atoms with E-state index in [4.69, 9.17) is 21.7 Å². The number of amides is 2. The third-order valence-electron chi connectivity index (χ3n) is 4.88. The van der Waals surface area contributed by atoms with Crippen LogP contribution in [0.25, 0.3) is 0 Å². The molecule has 28 heavy (non-hydrogen) atoms. The number of methoxy groups -OCH3 is 1. The minimum Gasteiger partial charge on any atom is -0.442 e. The van der Waals surface area contributed by atoms with Crippen LogP contribution in [-0.4, -0.2) is 81.0 Å². The Bertz CT molecular complexity index is 719. The van der Waals surface area contributed by atoms with Crippen molar-refractivity contribution in [3.63, 3.8) is 0 Å². The van der Waals surface area contributed by atoms with E-state index in [1.54, 1.807) is 11.8 Å². The topological polar surface area (TPSA) is 74.3 Å². The smallest absolute Gasteiger partial charge is 0.414 e. The molecule has 0 aliphatic carbocycles. The van der Waals surface area contributed by atoms with Gasteiger partial charge in [0.2, 0.25) is 5.91 Å². The van der Waals surface area contributed by atoms with E-state index in [9.17, 15) is 9.59 Å². The first-order valence-electron chi connectivity index (χ1n) is 9.32. The quantitative estimate of drug-likeness (QED) is 0.713. The number of thiocarbonyl (C=S) groups is 1. The van der Waals surface area contributed by atoms with Gasteiger partial charge in [-0.1, -0.05) is 12.2 Å². The number of nitrogens with one attached hydrogen (secondary N) is 1. The van der Waals surface area contributed by atoms with Crippen LogP contribution in [0.15, 0.2) is 24.3 Å². The molecule has 3 rings (SSSR count). The SMILES string of the molecule is COCC(=O)N1CCN(c2ccc(N3CC(CNC(C)=S)OC3=O)cc2)CC1. The molecule has 2 saturated heterocycles. The molecule has 1 N–H and O–H groups in total. The maximum atomic E-state index is 12.2. The third-order valence-corrected chi connectivity index (χ3v) is 5.02. The summed E-state index contributed by atoms with van der Waals surface area (Å²) in [4.78, 5) is 30.4. The Labute approximate surface area is 170 Å². The van der Waals surface area contributed by atoms with Crippen molar-refractivity contribution in [2.45, 2.75) is 13.0 Å². The van der Waals surface area contributed by atoms with Crippen LogP contribution in [0.5, 0.6) is 0 Å². The van der Waals surface area contributed by atoms with Crippen molar-refractivity contribution < 1.29 is 19.1 Å². The largest absolute Gasteiger partial charge is 0.442 e. The van der Waals surface area contributed by atoms with E-state index in [-0.39, 0.29) is 24.7 Å². The maximum Gasteiger partial charge on any atom is 0.414 e. The van der Waals surface area contributed by atoms with Crippen LogP contribution in [0.1, 0.15) is 6.92 Å². The molecule has 152 valence electrons. The molecule has 0 spiro atoms. The van der Waals surface area contributed by atoms with Crippen LogP contribution in [0.3, 0.4) is 0 Å². The average Bonchev–Trinajstić information content (AvgIpc) is 3.07. The fourth-order valence-corrected chi connectivity index (χ4v) is 3.45. The molecular formula is C19H26N4O4S. The van der Waals surface area contributed by atoms with E-state index in [1.165, 1.54) is 7.11 Å². The molecule has 9 heteroatoms. The zero-order valence-electron chi connectivity index (χ0n) is 16.2. The molecule has 0 saturated carbocycles. The molecule has 1 aromatic rings. The Balaban J connectivity index is 1.55. The second-order valence-electron chi connectivity index (χ2n) is 6.87. The van der Waals surface area contributed by atoms with E-state index in [0.717, 1.165) is 24.5 Å². The van der Waals surface area contributed by atoms with Gasteiger partial charge in [0, 0.05) is 44.7 Å². The van der Waals surface area contributed by atoms with Gasteiger partial charge in [0.1, 0.15) is 12.7 Å². The maximum absolute atomic E-state index is 12.2. The number of hydrogen-bond donors (Lipinski definition) is 1. The number of anilines is 2. The molecular weight excluding hydrogens is 380 g/mol. The van der Waals surface area contributed by atoms with E-state index in [2.05, 4.69) is 10.2 Å². The number of piperazine rings is 1. The van der Waals surface area contributed by atoms with Crippen LogP contribution in [0.2, 0.25) is 0 Å². The molecule has 8 nitrogen and oxygen atoms in total. The van der Waals surface area contributed by atoms with Gasteiger partial charge < -0.3 is 24.6 Å².